The molecule has 3 aliphatic rings. The second-order valence-electron chi connectivity index (χ2n) is 7.38. The molecule has 1 saturated carbocycles. The number of rotatable bonds is 3. The van der Waals surface area contributed by atoms with Crippen molar-refractivity contribution in [3.63, 3.8) is 0 Å². The summed E-state index contributed by atoms with van der Waals surface area (Å²) < 4.78 is 5.69. The lowest BCUT2D eigenvalue weighted by Crippen LogP contribution is -2.33. The van der Waals surface area contributed by atoms with Gasteiger partial charge in [-0.25, -0.2) is 4.79 Å². The lowest BCUT2D eigenvalue weighted by Gasteiger charge is -2.21. The molecule has 4 heteroatoms. The van der Waals surface area contributed by atoms with Crippen LogP contribution in [0.5, 0.6) is 0 Å². The quantitative estimate of drug-likeness (QED) is 0.938. The molecule has 2 aliphatic carbocycles. The Morgan fingerprint density at radius 1 is 1.00 bits per heavy atom. The van der Waals surface area contributed by atoms with Crippen LogP contribution in [0.3, 0.4) is 0 Å². The molecule has 1 saturated heterocycles. The van der Waals surface area contributed by atoms with Gasteiger partial charge in [0, 0.05) is 25.6 Å². The van der Waals surface area contributed by atoms with E-state index in [0.29, 0.717) is 24.4 Å². The van der Waals surface area contributed by atoms with Crippen molar-refractivity contribution in [1.82, 2.24) is 4.90 Å². The Labute approximate surface area is 147 Å². The van der Waals surface area contributed by atoms with Crippen LogP contribution in [0.4, 0.5) is 4.79 Å². The van der Waals surface area contributed by atoms with E-state index in [0.717, 1.165) is 13.1 Å². The van der Waals surface area contributed by atoms with E-state index in [-0.39, 0.29) is 18.6 Å². The summed E-state index contributed by atoms with van der Waals surface area (Å²) in [7, 11) is 0. The fraction of sp³-hybridized carbons (Fsp3) is 0.381. The zero-order chi connectivity index (χ0) is 17.0. The Morgan fingerprint density at radius 2 is 1.56 bits per heavy atom. The highest BCUT2D eigenvalue weighted by Crippen LogP contribution is 2.51. The van der Waals surface area contributed by atoms with E-state index in [9.17, 15) is 9.90 Å². The molecule has 2 aromatic rings. The molecule has 2 unspecified atom stereocenters. The van der Waals surface area contributed by atoms with E-state index in [1.807, 2.05) is 12.1 Å². The van der Waals surface area contributed by atoms with Crippen LogP contribution >= 0.6 is 0 Å². The molecule has 2 fully saturated rings. The molecule has 2 aromatic carbocycles. The van der Waals surface area contributed by atoms with E-state index in [4.69, 9.17) is 4.74 Å². The van der Waals surface area contributed by atoms with Gasteiger partial charge in [-0.1, -0.05) is 48.5 Å². The molecule has 128 valence electrons. The molecule has 1 heterocycles. The van der Waals surface area contributed by atoms with Crippen LogP contribution in [0.15, 0.2) is 48.5 Å². The van der Waals surface area contributed by atoms with Gasteiger partial charge < -0.3 is 14.7 Å². The van der Waals surface area contributed by atoms with Crippen LogP contribution in [0, 0.1) is 17.8 Å². The molecule has 0 spiro atoms. The SMILES string of the molecule is O=C(OCC1c2ccccc2-c2ccccc21)N1CC2C(CO)C2C1. The number of hydrogen-bond donors (Lipinski definition) is 1. The van der Waals surface area contributed by atoms with Crippen LogP contribution in [0.2, 0.25) is 0 Å². The molecule has 0 aromatic heterocycles. The molecule has 1 N–H and O–H groups in total. The average Bonchev–Trinajstić information content (AvgIpc) is 3.00. The summed E-state index contributed by atoms with van der Waals surface area (Å²) in [6, 6.07) is 16.7. The van der Waals surface area contributed by atoms with Crippen molar-refractivity contribution < 1.29 is 14.6 Å². The number of carbonyl (C=O) groups excluding carboxylic acids is 1. The summed E-state index contributed by atoms with van der Waals surface area (Å²) in [5, 5.41) is 9.23. The lowest BCUT2D eigenvalue weighted by atomic mass is 9.98. The minimum atomic E-state index is -0.217. The Hall–Kier alpha value is -2.33. The van der Waals surface area contributed by atoms with Crippen molar-refractivity contribution in [3.05, 3.63) is 59.7 Å². The molecule has 0 radical (unpaired) electrons. The minimum Gasteiger partial charge on any atom is -0.448 e. The summed E-state index contributed by atoms with van der Waals surface area (Å²) in [6.07, 6.45) is -0.217. The number of carbonyl (C=O) groups is 1. The summed E-state index contributed by atoms with van der Waals surface area (Å²) in [4.78, 5) is 14.2. The maximum Gasteiger partial charge on any atom is 0.409 e. The van der Waals surface area contributed by atoms with Gasteiger partial charge in [0.1, 0.15) is 6.61 Å². The van der Waals surface area contributed by atoms with Gasteiger partial charge in [0.2, 0.25) is 0 Å². The van der Waals surface area contributed by atoms with Crippen LogP contribution in [0.1, 0.15) is 17.0 Å². The van der Waals surface area contributed by atoms with Gasteiger partial charge in [0.25, 0.3) is 0 Å². The fourth-order valence-electron chi connectivity index (χ4n) is 4.75. The molecule has 0 bridgehead atoms. The van der Waals surface area contributed by atoms with Crippen molar-refractivity contribution in [2.75, 3.05) is 26.3 Å². The Kier molecular flexibility index (Phi) is 3.35. The lowest BCUT2D eigenvalue weighted by molar-refractivity contribution is 0.100. The number of benzene rings is 2. The van der Waals surface area contributed by atoms with Gasteiger partial charge in [-0.05, 0) is 40.0 Å². The Bertz CT molecular complexity index is 776. The molecule has 1 amide bonds. The summed E-state index contributed by atoms with van der Waals surface area (Å²) >= 11 is 0. The van der Waals surface area contributed by atoms with Gasteiger partial charge in [0.05, 0.1) is 0 Å². The number of amides is 1. The number of likely N-dealkylation sites (tertiary alicyclic amines) is 1. The average molecular weight is 335 g/mol. The number of aliphatic hydroxyl groups excluding tert-OH is 1. The number of ether oxygens (including phenoxy) is 1. The first-order valence-corrected chi connectivity index (χ1v) is 8.98. The first-order valence-electron chi connectivity index (χ1n) is 8.98. The van der Waals surface area contributed by atoms with Crippen LogP contribution in [-0.4, -0.2) is 42.4 Å². The molecule has 2 atom stereocenters. The summed E-state index contributed by atoms with van der Waals surface area (Å²) in [5.41, 5.74) is 4.96. The molecular weight excluding hydrogens is 314 g/mol. The number of nitrogens with zero attached hydrogens (tertiary/aromatic N) is 1. The van der Waals surface area contributed by atoms with Gasteiger partial charge in [-0.3, -0.25) is 0 Å². The first-order chi connectivity index (χ1) is 12.3. The van der Waals surface area contributed by atoms with Crippen molar-refractivity contribution in [3.8, 4) is 11.1 Å². The van der Waals surface area contributed by atoms with Gasteiger partial charge in [-0.2, -0.15) is 0 Å². The Morgan fingerprint density at radius 3 is 2.12 bits per heavy atom. The van der Waals surface area contributed by atoms with Crippen molar-refractivity contribution in [2.45, 2.75) is 5.92 Å². The predicted molar refractivity (Wildman–Crippen MR) is 94.2 cm³/mol. The van der Waals surface area contributed by atoms with E-state index in [1.54, 1.807) is 4.90 Å². The minimum absolute atomic E-state index is 0.110. The van der Waals surface area contributed by atoms with Crippen LogP contribution < -0.4 is 0 Å². The van der Waals surface area contributed by atoms with Crippen molar-refractivity contribution >= 4 is 6.09 Å². The number of piperidine rings is 1. The Balaban J connectivity index is 1.30. The third-order valence-corrected chi connectivity index (χ3v) is 6.18. The third-order valence-electron chi connectivity index (χ3n) is 6.18. The van der Waals surface area contributed by atoms with Crippen LogP contribution in [0.25, 0.3) is 11.1 Å². The van der Waals surface area contributed by atoms with Crippen molar-refractivity contribution in [1.29, 1.82) is 0 Å². The zero-order valence-electron chi connectivity index (χ0n) is 14.0. The normalized spacial score (nSPS) is 26.1. The standard InChI is InChI=1S/C21H21NO3/c23-11-19-17-9-22(10-18(17)19)21(24)25-12-20-15-7-3-1-5-13(15)14-6-2-4-8-16(14)20/h1-8,17-20,23H,9-12H2. The van der Waals surface area contributed by atoms with Gasteiger partial charge >= 0.3 is 6.09 Å². The highest BCUT2D eigenvalue weighted by atomic mass is 16.6. The number of fused-ring (bicyclic) bond motifs is 4. The molecule has 4 nitrogen and oxygen atoms in total. The fourth-order valence-corrected chi connectivity index (χ4v) is 4.75. The van der Waals surface area contributed by atoms with Crippen molar-refractivity contribution in [2.24, 2.45) is 17.8 Å². The summed E-state index contributed by atoms with van der Waals surface area (Å²) in [6.45, 7) is 2.08. The molecular formula is C21H21NO3. The summed E-state index contributed by atoms with van der Waals surface area (Å²) in [5.74, 6) is 1.47. The second-order valence-corrected chi connectivity index (χ2v) is 7.38. The number of aliphatic hydroxyl groups is 1. The third kappa shape index (κ3) is 2.28. The molecule has 25 heavy (non-hydrogen) atoms. The predicted octanol–water partition coefficient (Wildman–Crippen LogP) is 3.11. The zero-order valence-corrected chi connectivity index (χ0v) is 14.0. The molecule has 5 rings (SSSR count). The monoisotopic (exact) mass is 335 g/mol. The smallest absolute Gasteiger partial charge is 0.409 e. The highest BCUT2D eigenvalue weighted by Gasteiger charge is 2.56. The topological polar surface area (TPSA) is 49.8 Å². The van der Waals surface area contributed by atoms with E-state index in [1.165, 1.54) is 22.3 Å². The largest absolute Gasteiger partial charge is 0.448 e. The van der Waals surface area contributed by atoms with Gasteiger partial charge in [0.15, 0.2) is 0 Å². The second kappa shape index (κ2) is 5.60. The maximum absolute atomic E-state index is 12.4. The highest BCUT2D eigenvalue weighted by molar-refractivity contribution is 5.79. The van der Waals surface area contributed by atoms with E-state index >= 15 is 0 Å². The molecule has 1 aliphatic heterocycles. The van der Waals surface area contributed by atoms with Gasteiger partial charge in [-0.15, -0.1) is 0 Å². The first kappa shape index (κ1) is 15.0. The van der Waals surface area contributed by atoms with Crippen LogP contribution in [-0.2, 0) is 4.74 Å². The van der Waals surface area contributed by atoms with E-state index in [2.05, 4.69) is 36.4 Å². The van der Waals surface area contributed by atoms with E-state index < -0.39 is 0 Å². The number of hydrogen-bond acceptors (Lipinski definition) is 3. The maximum atomic E-state index is 12.4.